The summed E-state index contributed by atoms with van der Waals surface area (Å²) in [5, 5.41) is 2.16. The lowest BCUT2D eigenvalue weighted by atomic mass is 10.1. The van der Waals surface area contributed by atoms with Crippen LogP contribution in [0.25, 0.3) is 6.08 Å². The Labute approximate surface area is 184 Å². The molecule has 2 aromatic carbocycles. The molecule has 0 bridgehead atoms. The third-order valence-corrected chi connectivity index (χ3v) is 5.44. The lowest BCUT2D eigenvalue weighted by Gasteiger charge is -2.13. The monoisotopic (exact) mass is 442 g/mol. The topological polar surface area (TPSA) is 94.2 Å². The van der Waals surface area contributed by atoms with Crippen LogP contribution < -0.4 is 19.5 Å². The molecule has 1 heterocycles. The Hall–Kier alpha value is -3.46. The van der Waals surface area contributed by atoms with E-state index in [-0.39, 0.29) is 11.4 Å². The van der Waals surface area contributed by atoms with Crippen LogP contribution in [0.5, 0.6) is 17.2 Å². The van der Waals surface area contributed by atoms with E-state index in [4.69, 9.17) is 14.2 Å². The number of carbonyl (C=O) groups is 3. The number of anilines is 1. The van der Waals surface area contributed by atoms with Gasteiger partial charge in [0, 0.05) is 17.3 Å². The summed E-state index contributed by atoms with van der Waals surface area (Å²) in [6, 6.07) is 10.5. The van der Waals surface area contributed by atoms with E-state index < -0.39 is 17.1 Å². The van der Waals surface area contributed by atoms with E-state index in [1.54, 1.807) is 24.3 Å². The zero-order valence-electron chi connectivity index (χ0n) is 17.6. The maximum atomic E-state index is 12.8. The molecule has 3 rings (SSSR count). The van der Waals surface area contributed by atoms with Crippen molar-refractivity contribution in [2.45, 2.75) is 6.92 Å². The van der Waals surface area contributed by atoms with Gasteiger partial charge in [-0.15, -0.1) is 0 Å². The highest BCUT2D eigenvalue weighted by atomic mass is 32.2. The maximum absolute atomic E-state index is 12.8. The van der Waals surface area contributed by atoms with Crippen LogP contribution in [-0.4, -0.2) is 49.8 Å². The number of nitrogens with zero attached hydrogens (tertiary/aromatic N) is 1. The van der Waals surface area contributed by atoms with Crippen molar-refractivity contribution in [2.24, 2.45) is 0 Å². The normalized spacial score (nSPS) is 14.7. The highest BCUT2D eigenvalue weighted by molar-refractivity contribution is 8.18. The number of benzene rings is 2. The number of thioether (sulfide) groups is 1. The van der Waals surface area contributed by atoms with Gasteiger partial charge in [0.1, 0.15) is 12.3 Å². The van der Waals surface area contributed by atoms with Crippen molar-refractivity contribution in [2.75, 3.05) is 33.2 Å². The molecule has 0 atom stereocenters. The molecular formula is C22H22N2O6S. The second-order valence-corrected chi connectivity index (χ2v) is 7.62. The average molecular weight is 442 g/mol. The number of aryl methyl sites for hydroxylation is 1. The second-order valence-electron chi connectivity index (χ2n) is 6.63. The summed E-state index contributed by atoms with van der Waals surface area (Å²) in [5.74, 6) is 0.354. The molecule has 1 N–H and O–H groups in total. The number of imide groups is 1. The lowest BCUT2D eigenvalue weighted by molar-refractivity contribution is -0.127. The first kappa shape index (κ1) is 22.2. The standard InChI is InChI=1S/C22H22N2O6S/c1-13-5-7-15(8-6-13)23-20(25)12-24-21(26)19(31-22(24)27)10-14-9-17(29-3)18(30-4)11-16(14)28-2/h5-11H,12H2,1-4H3,(H,23,25)/b19-10-. The molecule has 0 saturated carbocycles. The van der Waals surface area contributed by atoms with Crippen LogP contribution in [0.2, 0.25) is 0 Å². The fraction of sp³-hybridized carbons (Fsp3) is 0.227. The van der Waals surface area contributed by atoms with Gasteiger partial charge in [-0.05, 0) is 43.0 Å². The van der Waals surface area contributed by atoms with Gasteiger partial charge in [-0.2, -0.15) is 0 Å². The molecule has 0 unspecified atom stereocenters. The zero-order chi connectivity index (χ0) is 22.5. The smallest absolute Gasteiger partial charge is 0.294 e. The van der Waals surface area contributed by atoms with Crippen molar-refractivity contribution in [1.29, 1.82) is 0 Å². The van der Waals surface area contributed by atoms with Gasteiger partial charge >= 0.3 is 0 Å². The number of hydrogen-bond acceptors (Lipinski definition) is 7. The molecule has 2 aromatic rings. The van der Waals surface area contributed by atoms with E-state index >= 15 is 0 Å². The van der Waals surface area contributed by atoms with Crippen molar-refractivity contribution >= 4 is 40.6 Å². The van der Waals surface area contributed by atoms with E-state index in [0.717, 1.165) is 22.2 Å². The van der Waals surface area contributed by atoms with Crippen LogP contribution in [0, 0.1) is 6.92 Å². The van der Waals surface area contributed by atoms with E-state index in [9.17, 15) is 14.4 Å². The molecule has 0 radical (unpaired) electrons. The number of amides is 3. The molecule has 31 heavy (non-hydrogen) atoms. The van der Waals surface area contributed by atoms with Crippen molar-refractivity contribution in [1.82, 2.24) is 4.90 Å². The Balaban J connectivity index is 1.78. The Morgan fingerprint density at radius 3 is 2.23 bits per heavy atom. The van der Waals surface area contributed by atoms with Gasteiger partial charge < -0.3 is 19.5 Å². The molecule has 0 aromatic heterocycles. The first-order valence-electron chi connectivity index (χ1n) is 9.28. The molecule has 8 nitrogen and oxygen atoms in total. The molecule has 1 aliphatic rings. The largest absolute Gasteiger partial charge is 0.496 e. The second kappa shape index (κ2) is 9.57. The van der Waals surface area contributed by atoms with Crippen molar-refractivity contribution in [3.63, 3.8) is 0 Å². The van der Waals surface area contributed by atoms with Gasteiger partial charge in [0.25, 0.3) is 11.1 Å². The minimum Gasteiger partial charge on any atom is -0.496 e. The Morgan fingerprint density at radius 2 is 1.61 bits per heavy atom. The number of methoxy groups -OCH3 is 3. The number of rotatable bonds is 7. The lowest BCUT2D eigenvalue weighted by Crippen LogP contribution is -2.36. The first-order chi connectivity index (χ1) is 14.9. The molecule has 162 valence electrons. The fourth-order valence-electron chi connectivity index (χ4n) is 2.92. The number of ether oxygens (including phenoxy) is 3. The van der Waals surface area contributed by atoms with Crippen LogP contribution in [-0.2, 0) is 9.59 Å². The summed E-state index contributed by atoms with van der Waals surface area (Å²) in [7, 11) is 4.48. The van der Waals surface area contributed by atoms with E-state index in [0.29, 0.717) is 28.5 Å². The summed E-state index contributed by atoms with van der Waals surface area (Å²) >= 11 is 0.760. The van der Waals surface area contributed by atoms with E-state index in [2.05, 4.69) is 5.32 Å². The Morgan fingerprint density at radius 1 is 1.00 bits per heavy atom. The zero-order valence-corrected chi connectivity index (χ0v) is 18.4. The number of nitrogens with one attached hydrogen (secondary N) is 1. The summed E-state index contributed by atoms with van der Waals surface area (Å²) in [6.45, 7) is 1.56. The quantitative estimate of drug-likeness (QED) is 0.654. The van der Waals surface area contributed by atoms with E-state index in [1.165, 1.54) is 27.4 Å². The van der Waals surface area contributed by atoms with Crippen molar-refractivity contribution < 1.29 is 28.6 Å². The van der Waals surface area contributed by atoms with Gasteiger partial charge in [-0.3, -0.25) is 19.3 Å². The number of hydrogen-bond donors (Lipinski definition) is 1. The minimum atomic E-state index is -0.550. The predicted octanol–water partition coefficient (Wildman–Crippen LogP) is 3.70. The summed E-state index contributed by atoms with van der Waals surface area (Å²) in [4.78, 5) is 38.6. The fourth-order valence-corrected chi connectivity index (χ4v) is 3.75. The summed E-state index contributed by atoms with van der Waals surface area (Å²) < 4.78 is 15.9. The van der Waals surface area contributed by atoms with Gasteiger partial charge in [0.2, 0.25) is 5.91 Å². The maximum Gasteiger partial charge on any atom is 0.294 e. The number of carbonyl (C=O) groups excluding carboxylic acids is 3. The SMILES string of the molecule is COc1cc(OC)c(OC)cc1/C=C1\SC(=O)N(CC(=O)Nc2ccc(C)cc2)C1=O. The molecular weight excluding hydrogens is 420 g/mol. The molecule has 1 fully saturated rings. The van der Waals surface area contributed by atoms with E-state index in [1.807, 2.05) is 19.1 Å². The Kier molecular flexibility index (Phi) is 6.86. The summed E-state index contributed by atoms with van der Waals surface area (Å²) in [6.07, 6.45) is 1.53. The average Bonchev–Trinajstić information content (AvgIpc) is 3.02. The van der Waals surface area contributed by atoms with Crippen molar-refractivity contribution in [3.05, 3.63) is 52.4 Å². The minimum absolute atomic E-state index is 0.179. The summed E-state index contributed by atoms with van der Waals surface area (Å²) in [5.41, 5.74) is 2.18. The highest BCUT2D eigenvalue weighted by Gasteiger charge is 2.36. The predicted molar refractivity (Wildman–Crippen MR) is 119 cm³/mol. The van der Waals surface area contributed by atoms with Gasteiger partial charge in [0.15, 0.2) is 11.5 Å². The van der Waals surface area contributed by atoms with Crippen molar-refractivity contribution in [3.8, 4) is 17.2 Å². The molecule has 9 heteroatoms. The van der Waals surface area contributed by atoms with Gasteiger partial charge in [0.05, 0.1) is 26.2 Å². The van der Waals surface area contributed by atoms with Gasteiger partial charge in [-0.1, -0.05) is 17.7 Å². The molecule has 1 aliphatic heterocycles. The van der Waals surface area contributed by atoms with Crippen LogP contribution in [0.15, 0.2) is 41.3 Å². The Bertz CT molecular complexity index is 1050. The molecule has 3 amide bonds. The van der Waals surface area contributed by atoms with Crippen LogP contribution in [0.3, 0.4) is 0 Å². The molecule has 0 aliphatic carbocycles. The van der Waals surface area contributed by atoms with Crippen LogP contribution >= 0.6 is 11.8 Å². The first-order valence-corrected chi connectivity index (χ1v) is 10.1. The third-order valence-electron chi connectivity index (χ3n) is 4.53. The molecule has 1 saturated heterocycles. The van der Waals surface area contributed by atoms with Gasteiger partial charge in [-0.25, -0.2) is 0 Å². The highest BCUT2D eigenvalue weighted by Crippen LogP contribution is 2.38. The van der Waals surface area contributed by atoms with Crippen LogP contribution in [0.1, 0.15) is 11.1 Å². The molecule has 0 spiro atoms. The third kappa shape index (κ3) is 5.00. The van der Waals surface area contributed by atoms with Crippen LogP contribution in [0.4, 0.5) is 10.5 Å².